The Hall–Kier alpha value is -4.25. The van der Waals surface area contributed by atoms with Gasteiger partial charge in [-0.05, 0) is 31.2 Å². The zero-order valence-corrected chi connectivity index (χ0v) is 17.9. The SMILES string of the molecule is Cc1ccc(NC(=O)C2CC(=O)Nc3nc(Nc4cccc(Cl)c4)[nH]c(=O)c32)cc1[N+](=O)[O-]. The highest BCUT2D eigenvalue weighted by atomic mass is 35.5. The summed E-state index contributed by atoms with van der Waals surface area (Å²) >= 11 is 5.96. The van der Waals surface area contributed by atoms with E-state index in [1.54, 1.807) is 31.2 Å². The molecule has 2 aromatic carbocycles. The van der Waals surface area contributed by atoms with Gasteiger partial charge >= 0.3 is 0 Å². The highest BCUT2D eigenvalue weighted by Crippen LogP contribution is 2.31. The van der Waals surface area contributed by atoms with Crippen LogP contribution in [0.15, 0.2) is 47.3 Å². The van der Waals surface area contributed by atoms with E-state index in [0.29, 0.717) is 16.3 Å². The summed E-state index contributed by atoms with van der Waals surface area (Å²) in [5, 5.41) is 19.6. The Morgan fingerprint density at radius 3 is 2.73 bits per heavy atom. The molecule has 11 nitrogen and oxygen atoms in total. The van der Waals surface area contributed by atoms with Gasteiger partial charge in [0.05, 0.1) is 16.4 Å². The number of nitro benzene ring substituents is 1. The molecule has 0 bridgehead atoms. The Balaban J connectivity index is 1.63. The molecule has 4 rings (SSSR count). The molecule has 1 aromatic heterocycles. The van der Waals surface area contributed by atoms with E-state index in [9.17, 15) is 24.5 Å². The molecule has 1 unspecified atom stereocenters. The highest BCUT2D eigenvalue weighted by molar-refractivity contribution is 6.30. The lowest BCUT2D eigenvalue weighted by molar-refractivity contribution is -0.385. The van der Waals surface area contributed by atoms with Crippen molar-refractivity contribution in [3.63, 3.8) is 0 Å². The molecule has 0 saturated heterocycles. The van der Waals surface area contributed by atoms with Gasteiger partial charge in [-0.15, -0.1) is 0 Å². The van der Waals surface area contributed by atoms with E-state index in [4.69, 9.17) is 11.6 Å². The Bertz CT molecular complexity index is 1360. The monoisotopic (exact) mass is 468 g/mol. The molecule has 1 atom stereocenters. The first-order valence-corrected chi connectivity index (χ1v) is 10.1. The lowest BCUT2D eigenvalue weighted by atomic mass is 9.92. The molecule has 1 aliphatic heterocycles. The van der Waals surface area contributed by atoms with E-state index in [2.05, 4.69) is 25.9 Å². The summed E-state index contributed by atoms with van der Waals surface area (Å²) in [6.45, 7) is 1.58. The molecule has 2 heterocycles. The van der Waals surface area contributed by atoms with Crippen molar-refractivity contribution in [2.75, 3.05) is 16.0 Å². The minimum absolute atomic E-state index is 0.00893. The predicted octanol–water partition coefficient (Wildman–Crippen LogP) is 3.45. The van der Waals surface area contributed by atoms with Gasteiger partial charge in [0.15, 0.2) is 0 Å². The van der Waals surface area contributed by atoms with E-state index in [-0.39, 0.29) is 35.1 Å². The third kappa shape index (κ3) is 4.67. The van der Waals surface area contributed by atoms with Crippen LogP contribution >= 0.6 is 11.6 Å². The number of nitrogens with zero attached hydrogens (tertiary/aromatic N) is 2. The first-order chi connectivity index (χ1) is 15.7. The zero-order chi connectivity index (χ0) is 23.7. The maximum absolute atomic E-state index is 12.9. The fraction of sp³-hybridized carbons (Fsp3) is 0.143. The van der Waals surface area contributed by atoms with Gasteiger partial charge in [0.2, 0.25) is 17.8 Å². The van der Waals surface area contributed by atoms with Crippen LogP contribution in [0.4, 0.5) is 28.8 Å². The first kappa shape index (κ1) is 22.0. The van der Waals surface area contributed by atoms with E-state index >= 15 is 0 Å². The third-order valence-electron chi connectivity index (χ3n) is 5.03. The van der Waals surface area contributed by atoms with Crippen LogP contribution in [-0.2, 0) is 9.59 Å². The smallest absolute Gasteiger partial charge is 0.274 e. The van der Waals surface area contributed by atoms with Gasteiger partial charge in [-0.25, -0.2) is 0 Å². The van der Waals surface area contributed by atoms with Gasteiger partial charge in [0.1, 0.15) is 5.82 Å². The Labute approximate surface area is 191 Å². The molecule has 0 aliphatic carbocycles. The Morgan fingerprint density at radius 2 is 2.00 bits per heavy atom. The quantitative estimate of drug-likeness (QED) is 0.329. The number of hydrogen-bond acceptors (Lipinski definition) is 7. The van der Waals surface area contributed by atoms with Gasteiger partial charge in [-0.2, -0.15) is 4.98 Å². The number of nitro groups is 1. The second-order valence-corrected chi connectivity index (χ2v) is 7.80. The van der Waals surface area contributed by atoms with E-state index < -0.39 is 28.2 Å². The average Bonchev–Trinajstić information content (AvgIpc) is 2.74. The van der Waals surface area contributed by atoms with Crippen LogP contribution in [0.1, 0.15) is 23.5 Å². The predicted molar refractivity (Wildman–Crippen MR) is 122 cm³/mol. The van der Waals surface area contributed by atoms with E-state index in [0.717, 1.165) is 0 Å². The van der Waals surface area contributed by atoms with Crippen molar-refractivity contribution < 1.29 is 14.5 Å². The van der Waals surface area contributed by atoms with Gasteiger partial charge in [0.25, 0.3) is 11.2 Å². The zero-order valence-electron chi connectivity index (χ0n) is 17.1. The molecular formula is C21H17ClN6O5. The summed E-state index contributed by atoms with van der Waals surface area (Å²) in [7, 11) is 0. The number of nitrogens with one attached hydrogen (secondary N) is 4. The summed E-state index contributed by atoms with van der Waals surface area (Å²) in [4.78, 5) is 55.4. The maximum Gasteiger partial charge on any atom is 0.274 e. The van der Waals surface area contributed by atoms with E-state index in [1.165, 1.54) is 18.2 Å². The number of H-pyrrole nitrogens is 1. The number of amides is 2. The molecule has 12 heteroatoms. The molecular weight excluding hydrogens is 452 g/mol. The van der Waals surface area contributed by atoms with Crippen molar-refractivity contribution in [1.29, 1.82) is 0 Å². The standard InChI is InChI=1S/C21H17ClN6O5/c1-10-5-6-13(8-15(10)28(32)33)23-19(30)14-9-16(29)25-18-17(14)20(31)27-21(26-18)24-12-4-2-3-11(22)7-12/h2-8,14H,9H2,1H3,(H,23,30)(H3,24,25,26,27,29,31). The maximum atomic E-state index is 12.9. The Morgan fingerprint density at radius 1 is 1.21 bits per heavy atom. The fourth-order valence-corrected chi connectivity index (χ4v) is 3.66. The van der Waals surface area contributed by atoms with Crippen LogP contribution in [0.25, 0.3) is 0 Å². The second-order valence-electron chi connectivity index (χ2n) is 7.36. The third-order valence-corrected chi connectivity index (χ3v) is 5.26. The fourth-order valence-electron chi connectivity index (χ4n) is 3.47. The lowest BCUT2D eigenvalue weighted by Crippen LogP contribution is -2.36. The van der Waals surface area contributed by atoms with Crippen molar-refractivity contribution >= 4 is 52.2 Å². The largest absolute Gasteiger partial charge is 0.326 e. The van der Waals surface area contributed by atoms with Gasteiger partial charge < -0.3 is 16.0 Å². The summed E-state index contributed by atoms with van der Waals surface area (Å²) < 4.78 is 0. The number of halogens is 1. The van der Waals surface area contributed by atoms with Crippen LogP contribution in [0.3, 0.4) is 0 Å². The number of fused-ring (bicyclic) bond motifs is 1. The number of hydrogen-bond donors (Lipinski definition) is 4. The van der Waals surface area contributed by atoms with Crippen LogP contribution in [-0.4, -0.2) is 26.7 Å². The molecule has 0 radical (unpaired) electrons. The highest BCUT2D eigenvalue weighted by Gasteiger charge is 2.35. The summed E-state index contributed by atoms with van der Waals surface area (Å²) in [6, 6.07) is 10.9. The number of anilines is 4. The second kappa shape index (κ2) is 8.71. The summed E-state index contributed by atoms with van der Waals surface area (Å²) in [6.07, 6.45) is -0.279. The molecule has 33 heavy (non-hydrogen) atoms. The van der Waals surface area contributed by atoms with Crippen LogP contribution in [0.2, 0.25) is 5.02 Å². The van der Waals surface area contributed by atoms with Crippen molar-refractivity contribution in [2.45, 2.75) is 19.3 Å². The minimum atomic E-state index is -1.13. The number of aromatic amines is 1. The molecule has 168 valence electrons. The lowest BCUT2D eigenvalue weighted by Gasteiger charge is -2.23. The molecule has 1 aliphatic rings. The van der Waals surface area contributed by atoms with E-state index in [1.807, 2.05) is 0 Å². The van der Waals surface area contributed by atoms with Crippen molar-refractivity contribution in [3.8, 4) is 0 Å². The first-order valence-electron chi connectivity index (χ1n) is 9.74. The molecule has 3 aromatic rings. The van der Waals surface area contributed by atoms with Crippen molar-refractivity contribution in [2.24, 2.45) is 0 Å². The van der Waals surface area contributed by atoms with Crippen molar-refractivity contribution in [1.82, 2.24) is 9.97 Å². The topological polar surface area (TPSA) is 159 Å². The summed E-state index contributed by atoms with van der Waals surface area (Å²) in [5.74, 6) is -2.28. The van der Waals surface area contributed by atoms with Gasteiger partial charge in [-0.3, -0.25) is 29.5 Å². The van der Waals surface area contributed by atoms with Gasteiger partial charge in [0, 0.05) is 34.4 Å². The van der Waals surface area contributed by atoms with Crippen molar-refractivity contribution in [3.05, 3.63) is 79.1 Å². The molecule has 0 spiro atoms. The van der Waals surface area contributed by atoms with Gasteiger partial charge in [-0.1, -0.05) is 23.7 Å². The number of aryl methyl sites for hydroxylation is 1. The Kier molecular flexibility index (Phi) is 5.80. The summed E-state index contributed by atoms with van der Waals surface area (Å²) in [5.41, 5.74) is 0.382. The molecule has 4 N–H and O–H groups in total. The number of benzene rings is 2. The average molecular weight is 469 g/mol. The molecule has 0 fully saturated rings. The number of carbonyl (C=O) groups excluding carboxylic acids is 2. The molecule has 2 amide bonds. The van der Waals surface area contributed by atoms with Crippen LogP contribution in [0.5, 0.6) is 0 Å². The minimum Gasteiger partial charge on any atom is -0.326 e. The number of aromatic nitrogens is 2. The van der Waals surface area contributed by atoms with Crippen LogP contribution < -0.4 is 21.5 Å². The number of rotatable bonds is 5. The van der Waals surface area contributed by atoms with Crippen LogP contribution in [0, 0.1) is 17.0 Å². The normalized spacial score (nSPS) is 14.7. The number of carbonyl (C=O) groups is 2. The molecule has 0 saturated carbocycles.